The number of hydrogen-bond donors (Lipinski definition) is 1. The predicted molar refractivity (Wildman–Crippen MR) is 57.9 cm³/mol. The van der Waals surface area contributed by atoms with Crippen LogP contribution in [0.15, 0.2) is 12.2 Å². The van der Waals surface area contributed by atoms with Crippen molar-refractivity contribution in [2.45, 2.75) is 19.3 Å². The fourth-order valence-corrected chi connectivity index (χ4v) is 1.74. The van der Waals surface area contributed by atoms with Crippen molar-refractivity contribution in [1.29, 1.82) is 0 Å². The molecule has 0 bridgehead atoms. The minimum absolute atomic E-state index is 0.841. The third-order valence-electron chi connectivity index (χ3n) is 2.73. The number of piperidine rings is 1. The van der Waals surface area contributed by atoms with Crippen molar-refractivity contribution in [3.63, 3.8) is 0 Å². The molecular formula is C11H22N2. The van der Waals surface area contributed by atoms with Crippen LogP contribution in [0.25, 0.3) is 0 Å². The first kappa shape index (κ1) is 10.7. The highest BCUT2D eigenvalue weighted by molar-refractivity contribution is 4.91. The first-order valence-electron chi connectivity index (χ1n) is 5.32. The molecule has 0 amide bonds. The number of nitrogens with one attached hydrogen (secondary N) is 1. The molecule has 76 valence electrons. The molecule has 0 saturated carbocycles. The molecule has 1 aliphatic heterocycles. The van der Waals surface area contributed by atoms with E-state index in [2.05, 4.69) is 29.4 Å². The van der Waals surface area contributed by atoms with E-state index in [9.17, 15) is 0 Å². The lowest BCUT2D eigenvalue weighted by Gasteiger charge is -2.26. The van der Waals surface area contributed by atoms with Crippen LogP contribution in [-0.2, 0) is 0 Å². The van der Waals surface area contributed by atoms with Crippen LogP contribution in [0, 0.1) is 5.92 Å². The van der Waals surface area contributed by atoms with Crippen LogP contribution in [0.1, 0.15) is 19.3 Å². The summed E-state index contributed by atoms with van der Waals surface area (Å²) in [7, 11) is 4.21. The van der Waals surface area contributed by atoms with Crippen LogP contribution >= 0.6 is 0 Å². The van der Waals surface area contributed by atoms with Gasteiger partial charge in [-0.05, 0) is 58.9 Å². The summed E-state index contributed by atoms with van der Waals surface area (Å²) in [6.45, 7) is 3.63. The Balaban J connectivity index is 2.11. The number of nitrogens with zero attached hydrogens (tertiary/aromatic N) is 1. The molecule has 0 aromatic rings. The quantitative estimate of drug-likeness (QED) is 0.523. The normalized spacial score (nSPS) is 21.4. The molecule has 1 N–H and O–H groups in total. The average molecular weight is 182 g/mol. The predicted octanol–water partition coefficient (Wildman–Crippen LogP) is 1.49. The van der Waals surface area contributed by atoms with Gasteiger partial charge in [-0.1, -0.05) is 12.2 Å². The zero-order valence-electron chi connectivity index (χ0n) is 8.92. The third kappa shape index (κ3) is 4.44. The Kier molecular flexibility index (Phi) is 5.09. The van der Waals surface area contributed by atoms with Gasteiger partial charge in [-0.2, -0.15) is 0 Å². The zero-order chi connectivity index (χ0) is 9.52. The van der Waals surface area contributed by atoms with Gasteiger partial charge in [0.05, 0.1) is 0 Å². The van der Waals surface area contributed by atoms with E-state index in [1.54, 1.807) is 0 Å². The molecule has 0 aliphatic carbocycles. The summed E-state index contributed by atoms with van der Waals surface area (Å²) in [5.74, 6) is 0.841. The van der Waals surface area contributed by atoms with Gasteiger partial charge in [-0.25, -0.2) is 0 Å². The van der Waals surface area contributed by atoms with Crippen molar-refractivity contribution in [3.05, 3.63) is 12.2 Å². The van der Waals surface area contributed by atoms with Crippen molar-refractivity contribution >= 4 is 0 Å². The van der Waals surface area contributed by atoms with Crippen LogP contribution in [-0.4, -0.2) is 38.6 Å². The molecule has 1 rings (SSSR count). The van der Waals surface area contributed by atoms with Gasteiger partial charge < -0.3 is 10.2 Å². The Hall–Kier alpha value is -0.340. The van der Waals surface area contributed by atoms with Gasteiger partial charge in [-0.3, -0.25) is 0 Å². The van der Waals surface area contributed by atoms with E-state index in [1.165, 1.54) is 32.4 Å². The second-order valence-electron chi connectivity index (χ2n) is 3.96. The summed E-state index contributed by atoms with van der Waals surface area (Å²) < 4.78 is 0. The van der Waals surface area contributed by atoms with Gasteiger partial charge >= 0.3 is 0 Å². The number of rotatable bonds is 4. The highest BCUT2D eigenvalue weighted by atomic mass is 15.1. The zero-order valence-corrected chi connectivity index (χ0v) is 8.92. The Bertz CT molecular complexity index is 146. The van der Waals surface area contributed by atoms with E-state index in [4.69, 9.17) is 0 Å². The van der Waals surface area contributed by atoms with Gasteiger partial charge in [0, 0.05) is 0 Å². The number of hydrogen-bond acceptors (Lipinski definition) is 2. The molecule has 1 aliphatic rings. The molecular weight excluding hydrogens is 160 g/mol. The molecule has 1 fully saturated rings. The maximum Gasteiger partial charge on any atom is -0.00162 e. The van der Waals surface area contributed by atoms with E-state index in [0.717, 1.165) is 12.5 Å². The molecule has 2 nitrogen and oxygen atoms in total. The summed E-state index contributed by atoms with van der Waals surface area (Å²) in [4.78, 5) is 2.41. The molecule has 0 atom stereocenters. The molecule has 0 radical (unpaired) electrons. The molecule has 0 aromatic carbocycles. The molecule has 0 unspecified atom stereocenters. The molecule has 0 spiro atoms. The van der Waals surface area contributed by atoms with E-state index in [0.29, 0.717) is 0 Å². The molecule has 2 heteroatoms. The van der Waals surface area contributed by atoms with Gasteiger partial charge in [0.15, 0.2) is 0 Å². The maximum atomic E-state index is 3.15. The smallest absolute Gasteiger partial charge is 0.00162 e. The minimum Gasteiger partial charge on any atom is -0.319 e. The summed E-state index contributed by atoms with van der Waals surface area (Å²) in [5.41, 5.74) is 0. The van der Waals surface area contributed by atoms with Gasteiger partial charge in [-0.15, -0.1) is 0 Å². The Morgan fingerprint density at radius 1 is 1.38 bits per heavy atom. The standard InChI is InChI=1S/C11H22N2/c1-12-8-4-3-5-11-6-9-13(2)10-7-11/h3,5,11-12H,4,6-10H2,1-2H3/b5-3-. The van der Waals surface area contributed by atoms with Crippen molar-refractivity contribution in [1.82, 2.24) is 10.2 Å². The number of likely N-dealkylation sites (tertiary alicyclic amines) is 1. The Morgan fingerprint density at radius 2 is 2.08 bits per heavy atom. The Labute approximate surface area is 82.0 Å². The van der Waals surface area contributed by atoms with Crippen molar-refractivity contribution < 1.29 is 0 Å². The molecule has 1 saturated heterocycles. The fourth-order valence-electron chi connectivity index (χ4n) is 1.74. The van der Waals surface area contributed by atoms with Crippen molar-refractivity contribution in [3.8, 4) is 0 Å². The lowest BCUT2D eigenvalue weighted by molar-refractivity contribution is 0.244. The lowest BCUT2D eigenvalue weighted by atomic mass is 9.96. The van der Waals surface area contributed by atoms with E-state index in [-0.39, 0.29) is 0 Å². The van der Waals surface area contributed by atoms with Gasteiger partial charge in [0.2, 0.25) is 0 Å². The maximum absolute atomic E-state index is 3.15. The largest absolute Gasteiger partial charge is 0.319 e. The van der Waals surface area contributed by atoms with E-state index in [1.807, 2.05) is 7.05 Å². The van der Waals surface area contributed by atoms with Crippen LogP contribution in [0.3, 0.4) is 0 Å². The molecule has 1 heterocycles. The topological polar surface area (TPSA) is 15.3 Å². The van der Waals surface area contributed by atoms with Gasteiger partial charge in [0.1, 0.15) is 0 Å². The monoisotopic (exact) mass is 182 g/mol. The first-order chi connectivity index (χ1) is 6.33. The summed E-state index contributed by atoms with van der Waals surface area (Å²) >= 11 is 0. The molecule has 0 aromatic heterocycles. The lowest BCUT2D eigenvalue weighted by Crippen LogP contribution is -2.29. The van der Waals surface area contributed by atoms with E-state index < -0.39 is 0 Å². The first-order valence-corrected chi connectivity index (χ1v) is 5.32. The van der Waals surface area contributed by atoms with Crippen molar-refractivity contribution in [2.24, 2.45) is 5.92 Å². The molecule has 13 heavy (non-hydrogen) atoms. The summed E-state index contributed by atoms with van der Waals surface area (Å²) in [6.07, 6.45) is 8.58. The third-order valence-corrected chi connectivity index (χ3v) is 2.73. The SMILES string of the molecule is CNCC/C=C\C1CCN(C)CC1. The summed E-state index contributed by atoms with van der Waals surface area (Å²) in [6, 6.07) is 0. The Morgan fingerprint density at radius 3 is 2.69 bits per heavy atom. The highest BCUT2D eigenvalue weighted by Crippen LogP contribution is 2.16. The average Bonchev–Trinajstić information content (AvgIpc) is 2.15. The highest BCUT2D eigenvalue weighted by Gasteiger charge is 2.13. The van der Waals surface area contributed by atoms with Crippen LogP contribution in [0.2, 0.25) is 0 Å². The van der Waals surface area contributed by atoms with Crippen LogP contribution in [0.4, 0.5) is 0 Å². The van der Waals surface area contributed by atoms with Gasteiger partial charge in [0.25, 0.3) is 0 Å². The summed E-state index contributed by atoms with van der Waals surface area (Å²) in [5, 5.41) is 3.15. The van der Waals surface area contributed by atoms with E-state index >= 15 is 0 Å². The van der Waals surface area contributed by atoms with Crippen LogP contribution < -0.4 is 5.32 Å². The number of allylic oxidation sites excluding steroid dienone is 1. The van der Waals surface area contributed by atoms with Crippen molar-refractivity contribution in [2.75, 3.05) is 33.7 Å². The second kappa shape index (κ2) is 6.17. The van der Waals surface area contributed by atoms with Crippen LogP contribution in [0.5, 0.6) is 0 Å². The second-order valence-corrected chi connectivity index (χ2v) is 3.96. The minimum atomic E-state index is 0.841. The fraction of sp³-hybridized carbons (Fsp3) is 0.818.